The normalized spacial score (nSPS) is 10.2. The van der Waals surface area contributed by atoms with Crippen LogP contribution in [-0.4, -0.2) is 9.91 Å². The first-order chi connectivity index (χ1) is 8.16. The van der Waals surface area contributed by atoms with Crippen molar-refractivity contribution in [2.75, 3.05) is 5.32 Å². The smallest absolute Gasteiger partial charge is 0.306 e. The quantitative estimate of drug-likeness (QED) is 0.672. The molecular formula is C10H8FN3O2S. The van der Waals surface area contributed by atoms with Gasteiger partial charge in [0.15, 0.2) is 0 Å². The molecule has 0 aliphatic rings. The van der Waals surface area contributed by atoms with Crippen LogP contribution < -0.4 is 5.32 Å². The molecule has 0 saturated carbocycles. The van der Waals surface area contributed by atoms with Gasteiger partial charge in [-0.05, 0) is 12.1 Å². The first-order valence-corrected chi connectivity index (χ1v) is 5.60. The summed E-state index contributed by atoms with van der Waals surface area (Å²) >= 11 is 1.47. The van der Waals surface area contributed by atoms with E-state index in [1.165, 1.54) is 23.5 Å². The number of benzene rings is 1. The summed E-state index contributed by atoms with van der Waals surface area (Å²) in [5.41, 5.74) is 1.68. The number of hydrogen-bond acceptors (Lipinski definition) is 5. The highest BCUT2D eigenvalue weighted by atomic mass is 32.1. The van der Waals surface area contributed by atoms with E-state index >= 15 is 0 Å². The van der Waals surface area contributed by atoms with Crippen molar-refractivity contribution in [3.63, 3.8) is 0 Å². The Hall–Kier alpha value is -2.02. The van der Waals surface area contributed by atoms with E-state index in [4.69, 9.17) is 0 Å². The molecule has 5 nitrogen and oxygen atoms in total. The van der Waals surface area contributed by atoms with E-state index in [1.54, 1.807) is 11.7 Å². The Morgan fingerprint density at radius 1 is 1.53 bits per heavy atom. The fourth-order valence-corrected chi connectivity index (χ4v) is 1.82. The molecule has 0 saturated heterocycles. The van der Waals surface area contributed by atoms with Crippen molar-refractivity contribution in [1.29, 1.82) is 0 Å². The van der Waals surface area contributed by atoms with Gasteiger partial charge in [-0.25, -0.2) is 0 Å². The monoisotopic (exact) mass is 253 g/mol. The predicted octanol–water partition coefficient (Wildman–Crippen LogP) is 2.80. The van der Waals surface area contributed by atoms with Gasteiger partial charge < -0.3 is 5.32 Å². The van der Waals surface area contributed by atoms with E-state index in [0.29, 0.717) is 12.2 Å². The van der Waals surface area contributed by atoms with Crippen LogP contribution in [0.5, 0.6) is 0 Å². The van der Waals surface area contributed by atoms with Crippen LogP contribution in [0.25, 0.3) is 0 Å². The van der Waals surface area contributed by atoms with Crippen molar-refractivity contribution in [3.8, 4) is 0 Å². The third-order valence-electron chi connectivity index (χ3n) is 2.09. The average molecular weight is 253 g/mol. The van der Waals surface area contributed by atoms with Crippen LogP contribution in [0.2, 0.25) is 0 Å². The maximum atomic E-state index is 13.1. The minimum atomic E-state index is -0.835. The molecular weight excluding hydrogens is 245 g/mol. The van der Waals surface area contributed by atoms with Crippen LogP contribution in [0.3, 0.4) is 0 Å². The number of anilines is 1. The second-order valence-corrected chi connectivity index (χ2v) is 4.22. The zero-order valence-electron chi connectivity index (χ0n) is 8.59. The van der Waals surface area contributed by atoms with Gasteiger partial charge in [0.25, 0.3) is 0 Å². The summed E-state index contributed by atoms with van der Waals surface area (Å²) in [6.07, 6.45) is 1.70. The van der Waals surface area contributed by atoms with E-state index in [2.05, 4.69) is 10.3 Å². The van der Waals surface area contributed by atoms with E-state index < -0.39 is 16.4 Å². The minimum absolute atomic E-state index is 0.506. The summed E-state index contributed by atoms with van der Waals surface area (Å²) in [7, 11) is 0. The van der Waals surface area contributed by atoms with E-state index in [0.717, 1.165) is 10.9 Å². The van der Waals surface area contributed by atoms with Crippen LogP contribution in [-0.2, 0) is 6.54 Å². The van der Waals surface area contributed by atoms with Gasteiger partial charge in [-0.15, -0.1) is 11.3 Å². The Labute approximate surface area is 100 Å². The van der Waals surface area contributed by atoms with E-state index in [1.807, 2.05) is 0 Å². The molecule has 2 aromatic rings. The number of aromatic nitrogens is 1. The highest BCUT2D eigenvalue weighted by molar-refractivity contribution is 7.09. The molecule has 0 amide bonds. The molecule has 0 aliphatic heterocycles. The maximum absolute atomic E-state index is 13.1. The molecule has 0 spiro atoms. The third-order valence-corrected chi connectivity index (χ3v) is 2.87. The maximum Gasteiger partial charge on any atom is 0.306 e. The molecule has 1 aromatic heterocycles. The van der Waals surface area contributed by atoms with Crippen LogP contribution in [0.15, 0.2) is 29.9 Å². The van der Waals surface area contributed by atoms with Gasteiger partial charge in [-0.1, -0.05) is 0 Å². The fourth-order valence-electron chi connectivity index (χ4n) is 1.28. The largest absolute Gasteiger partial charge is 0.380 e. The van der Waals surface area contributed by atoms with Crippen molar-refractivity contribution in [3.05, 3.63) is 50.7 Å². The lowest BCUT2D eigenvalue weighted by Gasteiger charge is -2.04. The fraction of sp³-hybridized carbons (Fsp3) is 0.100. The Morgan fingerprint density at radius 3 is 3.00 bits per heavy atom. The van der Waals surface area contributed by atoms with Gasteiger partial charge >= 0.3 is 5.69 Å². The van der Waals surface area contributed by atoms with Crippen molar-refractivity contribution < 1.29 is 9.31 Å². The first-order valence-electron chi connectivity index (χ1n) is 4.72. The average Bonchev–Trinajstić information content (AvgIpc) is 2.80. The van der Waals surface area contributed by atoms with Crippen molar-refractivity contribution in [1.82, 2.24) is 4.98 Å². The van der Waals surface area contributed by atoms with Gasteiger partial charge in [0.05, 0.1) is 17.0 Å². The number of nitro groups is 1. The lowest BCUT2D eigenvalue weighted by molar-refractivity contribution is -0.387. The Balaban J connectivity index is 2.11. The van der Waals surface area contributed by atoms with E-state index in [-0.39, 0.29) is 0 Å². The van der Waals surface area contributed by atoms with Gasteiger partial charge in [0.2, 0.25) is 5.82 Å². The summed E-state index contributed by atoms with van der Waals surface area (Å²) < 4.78 is 13.1. The SMILES string of the molecule is O=[N+]([O-])c1cc(NCc2cncs2)ccc1F. The van der Waals surface area contributed by atoms with Gasteiger partial charge in [-0.2, -0.15) is 4.39 Å². The topological polar surface area (TPSA) is 68.1 Å². The van der Waals surface area contributed by atoms with Crippen LogP contribution in [0.1, 0.15) is 4.88 Å². The molecule has 0 atom stereocenters. The molecule has 1 heterocycles. The highest BCUT2D eigenvalue weighted by Gasteiger charge is 2.13. The highest BCUT2D eigenvalue weighted by Crippen LogP contribution is 2.22. The molecule has 2 rings (SSSR count). The Morgan fingerprint density at radius 2 is 2.35 bits per heavy atom. The number of rotatable bonds is 4. The molecule has 0 fully saturated rings. The molecule has 0 unspecified atom stereocenters. The standard InChI is InChI=1S/C10H8FN3O2S/c11-9-2-1-7(3-10(9)14(15)16)13-5-8-4-12-6-17-8/h1-4,6,13H,5H2. The van der Waals surface area contributed by atoms with Gasteiger partial charge in [0.1, 0.15) is 0 Å². The summed E-state index contributed by atoms with van der Waals surface area (Å²) in [6, 6.07) is 3.72. The van der Waals surface area contributed by atoms with Crippen molar-refractivity contribution in [2.24, 2.45) is 0 Å². The molecule has 0 bridgehead atoms. The van der Waals surface area contributed by atoms with Gasteiger partial charge in [0, 0.05) is 22.8 Å². The molecule has 0 radical (unpaired) electrons. The lowest BCUT2D eigenvalue weighted by Crippen LogP contribution is -1.99. The third kappa shape index (κ3) is 2.76. The second kappa shape index (κ2) is 4.88. The minimum Gasteiger partial charge on any atom is -0.380 e. The summed E-state index contributed by atoms with van der Waals surface area (Å²) in [5.74, 6) is -0.835. The van der Waals surface area contributed by atoms with Crippen molar-refractivity contribution in [2.45, 2.75) is 6.54 Å². The lowest BCUT2D eigenvalue weighted by atomic mass is 10.2. The van der Waals surface area contributed by atoms with Crippen LogP contribution >= 0.6 is 11.3 Å². The molecule has 17 heavy (non-hydrogen) atoms. The zero-order chi connectivity index (χ0) is 12.3. The molecule has 7 heteroatoms. The number of nitrogens with zero attached hydrogens (tertiary/aromatic N) is 2. The number of halogens is 1. The number of hydrogen-bond donors (Lipinski definition) is 1. The Bertz CT molecular complexity index is 530. The van der Waals surface area contributed by atoms with Crippen molar-refractivity contribution >= 4 is 22.7 Å². The number of nitrogens with one attached hydrogen (secondary N) is 1. The number of nitro benzene ring substituents is 1. The van der Waals surface area contributed by atoms with Gasteiger partial charge in [-0.3, -0.25) is 15.1 Å². The predicted molar refractivity (Wildman–Crippen MR) is 62.5 cm³/mol. The van der Waals surface area contributed by atoms with Crippen LogP contribution in [0.4, 0.5) is 15.8 Å². The molecule has 1 N–H and O–H groups in total. The Kier molecular flexibility index (Phi) is 3.29. The van der Waals surface area contributed by atoms with E-state index in [9.17, 15) is 14.5 Å². The number of thiazole rings is 1. The first kappa shape index (κ1) is 11.5. The molecule has 1 aromatic carbocycles. The second-order valence-electron chi connectivity index (χ2n) is 3.24. The molecule has 88 valence electrons. The summed E-state index contributed by atoms with van der Waals surface area (Å²) in [5, 5.41) is 13.5. The van der Waals surface area contributed by atoms with Crippen LogP contribution in [0, 0.1) is 15.9 Å². The summed E-state index contributed by atoms with van der Waals surface area (Å²) in [6.45, 7) is 0.507. The summed E-state index contributed by atoms with van der Waals surface area (Å²) in [4.78, 5) is 14.7. The zero-order valence-corrected chi connectivity index (χ0v) is 9.41. The molecule has 0 aliphatic carbocycles.